The van der Waals surface area contributed by atoms with Crippen LogP contribution in [-0.2, 0) is 7.05 Å². The Morgan fingerprint density at radius 3 is 2.68 bits per heavy atom. The third-order valence-electron chi connectivity index (χ3n) is 4.08. The first kappa shape index (κ1) is 17.1. The SMILES string of the molecule is Cn1c(C2CN(C(=O)c3cc(C(O)C(F)(F)F)ccn3)C2)n[nH]c1=O. The van der Waals surface area contributed by atoms with Gasteiger partial charge in [-0.1, -0.05) is 0 Å². The van der Waals surface area contributed by atoms with Crippen LogP contribution in [0.3, 0.4) is 0 Å². The van der Waals surface area contributed by atoms with Crippen LogP contribution < -0.4 is 5.69 Å². The number of rotatable bonds is 3. The number of carbonyl (C=O) groups is 1. The van der Waals surface area contributed by atoms with Gasteiger partial charge in [0.05, 0.1) is 5.92 Å². The lowest BCUT2D eigenvalue weighted by Gasteiger charge is -2.38. The molecule has 0 saturated carbocycles. The molecule has 134 valence electrons. The number of aliphatic hydroxyl groups is 1. The van der Waals surface area contributed by atoms with Crippen LogP contribution >= 0.6 is 0 Å². The Morgan fingerprint density at radius 2 is 2.12 bits per heavy atom. The van der Waals surface area contributed by atoms with Crippen LogP contribution in [0.5, 0.6) is 0 Å². The van der Waals surface area contributed by atoms with Crippen LogP contribution in [0.25, 0.3) is 0 Å². The molecule has 1 fully saturated rings. The number of aliphatic hydroxyl groups excluding tert-OH is 1. The number of halogens is 3. The van der Waals surface area contributed by atoms with E-state index in [0.717, 1.165) is 18.3 Å². The zero-order chi connectivity index (χ0) is 18.4. The maximum absolute atomic E-state index is 12.6. The van der Waals surface area contributed by atoms with Crippen molar-refractivity contribution in [2.75, 3.05) is 13.1 Å². The lowest BCUT2D eigenvalue weighted by Crippen LogP contribution is -2.49. The molecule has 8 nitrogen and oxygen atoms in total. The Balaban J connectivity index is 1.71. The van der Waals surface area contributed by atoms with E-state index in [-0.39, 0.29) is 30.4 Å². The van der Waals surface area contributed by atoms with Crippen molar-refractivity contribution in [1.29, 1.82) is 0 Å². The van der Waals surface area contributed by atoms with E-state index >= 15 is 0 Å². The summed E-state index contributed by atoms with van der Waals surface area (Å²) in [5, 5.41) is 15.5. The van der Waals surface area contributed by atoms with Gasteiger partial charge in [0, 0.05) is 26.3 Å². The predicted molar refractivity (Wildman–Crippen MR) is 77.7 cm³/mol. The van der Waals surface area contributed by atoms with E-state index in [1.54, 1.807) is 7.05 Å². The van der Waals surface area contributed by atoms with Crippen molar-refractivity contribution in [3.05, 3.63) is 45.9 Å². The number of H-pyrrole nitrogens is 1. The maximum atomic E-state index is 12.6. The van der Waals surface area contributed by atoms with Gasteiger partial charge < -0.3 is 10.0 Å². The largest absolute Gasteiger partial charge is 0.418 e. The molecule has 0 spiro atoms. The Bertz CT molecular complexity index is 854. The summed E-state index contributed by atoms with van der Waals surface area (Å²) >= 11 is 0. The van der Waals surface area contributed by atoms with E-state index in [1.165, 1.54) is 9.47 Å². The third-order valence-corrected chi connectivity index (χ3v) is 4.08. The third kappa shape index (κ3) is 3.14. The first-order valence-electron chi connectivity index (χ1n) is 7.29. The van der Waals surface area contributed by atoms with Gasteiger partial charge in [0.1, 0.15) is 11.5 Å². The highest BCUT2D eigenvalue weighted by molar-refractivity contribution is 5.93. The Kier molecular flexibility index (Phi) is 4.11. The second kappa shape index (κ2) is 5.99. The Morgan fingerprint density at radius 1 is 1.44 bits per heavy atom. The van der Waals surface area contributed by atoms with E-state index in [2.05, 4.69) is 15.2 Å². The predicted octanol–water partition coefficient (Wildman–Crippen LogP) is 0.339. The summed E-state index contributed by atoms with van der Waals surface area (Å²) < 4.78 is 39.1. The lowest BCUT2D eigenvalue weighted by molar-refractivity contribution is -0.206. The smallest absolute Gasteiger partial charge is 0.379 e. The van der Waals surface area contributed by atoms with Crippen molar-refractivity contribution >= 4 is 5.91 Å². The highest BCUT2D eigenvalue weighted by atomic mass is 19.4. The van der Waals surface area contributed by atoms with E-state index in [1.807, 2.05) is 0 Å². The molecule has 2 aromatic rings. The van der Waals surface area contributed by atoms with E-state index in [0.29, 0.717) is 5.82 Å². The number of hydrogen-bond acceptors (Lipinski definition) is 5. The molecule has 0 aromatic carbocycles. The summed E-state index contributed by atoms with van der Waals surface area (Å²) in [6, 6.07) is 1.94. The topological polar surface area (TPSA) is 104 Å². The van der Waals surface area contributed by atoms with Crippen LogP contribution in [-0.4, -0.2) is 54.9 Å². The molecule has 0 aliphatic carbocycles. The van der Waals surface area contributed by atoms with Gasteiger partial charge in [0.25, 0.3) is 5.91 Å². The Hall–Kier alpha value is -2.69. The molecule has 2 aromatic heterocycles. The number of alkyl halides is 3. The molecule has 1 amide bonds. The molecule has 25 heavy (non-hydrogen) atoms. The number of amides is 1. The monoisotopic (exact) mass is 357 g/mol. The van der Waals surface area contributed by atoms with Gasteiger partial charge in [0.15, 0.2) is 6.10 Å². The van der Waals surface area contributed by atoms with Gasteiger partial charge in [-0.15, -0.1) is 0 Å². The summed E-state index contributed by atoms with van der Waals surface area (Å²) in [5.74, 6) is -0.187. The van der Waals surface area contributed by atoms with Gasteiger partial charge in [-0.3, -0.25) is 14.3 Å². The van der Waals surface area contributed by atoms with Crippen LogP contribution in [0.4, 0.5) is 13.2 Å². The number of likely N-dealkylation sites (tertiary alicyclic amines) is 1. The van der Waals surface area contributed by atoms with E-state index in [9.17, 15) is 27.9 Å². The fourth-order valence-corrected chi connectivity index (χ4v) is 2.62. The summed E-state index contributed by atoms with van der Waals surface area (Å²) in [6.45, 7) is 0.537. The van der Waals surface area contributed by atoms with E-state index in [4.69, 9.17) is 0 Å². The molecule has 0 bridgehead atoms. The van der Waals surface area contributed by atoms with Crippen molar-refractivity contribution < 1.29 is 23.1 Å². The zero-order valence-corrected chi connectivity index (χ0v) is 13.0. The number of carbonyl (C=O) groups excluding carboxylic acids is 1. The van der Waals surface area contributed by atoms with Crippen molar-refractivity contribution in [3.8, 4) is 0 Å². The van der Waals surface area contributed by atoms with Crippen molar-refractivity contribution in [3.63, 3.8) is 0 Å². The fourth-order valence-electron chi connectivity index (χ4n) is 2.62. The molecule has 11 heteroatoms. The summed E-state index contributed by atoms with van der Waals surface area (Å²) in [4.78, 5) is 28.8. The van der Waals surface area contributed by atoms with Crippen molar-refractivity contribution in [2.24, 2.45) is 7.05 Å². The molecule has 0 radical (unpaired) electrons. The fraction of sp³-hybridized carbons (Fsp3) is 0.429. The van der Waals surface area contributed by atoms with Crippen LogP contribution in [0.2, 0.25) is 0 Å². The van der Waals surface area contributed by atoms with Gasteiger partial charge in [-0.05, 0) is 17.7 Å². The first-order chi connectivity index (χ1) is 11.7. The van der Waals surface area contributed by atoms with Crippen molar-refractivity contribution in [1.82, 2.24) is 24.6 Å². The van der Waals surface area contributed by atoms with Gasteiger partial charge >= 0.3 is 11.9 Å². The summed E-state index contributed by atoms with van der Waals surface area (Å²) in [5.41, 5.74) is -0.997. The average Bonchev–Trinajstić information content (AvgIpc) is 2.84. The van der Waals surface area contributed by atoms with Crippen LogP contribution in [0.1, 0.15) is 33.9 Å². The van der Waals surface area contributed by atoms with Gasteiger partial charge in [0.2, 0.25) is 0 Å². The summed E-state index contributed by atoms with van der Waals surface area (Å²) in [7, 11) is 1.55. The highest BCUT2D eigenvalue weighted by Crippen LogP contribution is 2.33. The second-order valence-corrected chi connectivity index (χ2v) is 5.77. The van der Waals surface area contributed by atoms with E-state index < -0.39 is 23.8 Å². The lowest BCUT2D eigenvalue weighted by atomic mass is 9.98. The number of hydrogen-bond donors (Lipinski definition) is 2. The second-order valence-electron chi connectivity index (χ2n) is 5.77. The van der Waals surface area contributed by atoms with Crippen LogP contribution in [0, 0.1) is 0 Å². The van der Waals surface area contributed by atoms with Crippen LogP contribution in [0.15, 0.2) is 23.1 Å². The minimum Gasteiger partial charge on any atom is -0.379 e. The molecule has 2 N–H and O–H groups in total. The molecule has 3 rings (SSSR count). The van der Waals surface area contributed by atoms with Gasteiger partial charge in [-0.2, -0.15) is 18.3 Å². The molecule has 1 aliphatic rings. The highest BCUT2D eigenvalue weighted by Gasteiger charge is 2.40. The summed E-state index contributed by atoms with van der Waals surface area (Å²) in [6.07, 6.45) is -6.45. The molecule has 1 saturated heterocycles. The number of aromatic nitrogens is 4. The zero-order valence-electron chi connectivity index (χ0n) is 13.0. The standard InChI is InChI=1S/C14H14F3N5O3/c1-21-11(19-20-13(21)25)8-5-22(6-8)12(24)9-4-7(2-3-18-9)10(23)14(15,16)17/h2-4,8,10,23H,5-6H2,1H3,(H,20,25). The minimum absolute atomic E-state index is 0.142. The number of aromatic amines is 1. The molecule has 3 heterocycles. The normalized spacial score (nSPS) is 16.6. The van der Waals surface area contributed by atoms with Gasteiger partial charge in [-0.25, -0.2) is 9.89 Å². The minimum atomic E-state index is -4.83. The molecule has 1 aliphatic heterocycles. The molecule has 1 unspecified atom stereocenters. The van der Waals surface area contributed by atoms with Crippen molar-refractivity contribution in [2.45, 2.75) is 18.2 Å². The molecule has 1 atom stereocenters. The number of nitrogens with one attached hydrogen (secondary N) is 1. The Labute approximate surface area is 138 Å². The molecular formula is C14H14F3N5O3. The average molecular weight is 357 g/mol. The number of pyridine rings is 1. The quantitative estimate of drug-likeness (QED) is 0.824. The number of nitrogens with zero attached hydrogens (tertiary/aromatic N) is 4. The first-order valence-corrected chi connectivity index (χ1v) is 7.29. The maximum Gasteiger partial charge on any atom is 0.418 e. The molecular weight excluding hydrogens is 343 g/mol.